The zero-order chi connectivity index (χ0) is 9.56. The number of hydrogen-bond donors (Lipinski definition) is 1. The molecule has 1 fully saturated rings. The molecule has 0 bridgehead atoms. The molecule has 0 heterocycles. The van der Waals surface area contributed by atoms with E-state index in [2.05, 4.69) is 21.1 Å². The summed E-state index contributed by atoms with van der Waals surface area (Å²) in [5.74, 6) is 0. The lowest BCUT2D eigenvalue weighted by atomic mass is 9.93. The molecule has 0 aliphatic heterocycles. The van der Waals surface area contributed by atoms with Gasteiger partial charge in [0.15, 0.2) is 0 Å². The van der Waals surface area contributed by atoms with Crippen LogP contribution in [0.1, 0.15) is 39.5 Å². The van der Waals surface area contributed by atoms with E-state index in [0.717, 1.165) is 25.7 Å². The predicted octanol–water partition coefficient (Wildman–Crippen LogP) is 2.04. The van der Waals surface area contributed by atoms with Gasteiger partial charge in [0.2, 0.25) is 0 Å². The SMILES string of the molecule is CC.CN(P)C1CCC(O)CC1. The van der Waals surface area contributed by atoms with Crippen molar-refractivity contribution in [2.75, 3.05) is 7.05 Å². The zero-order valence-corrected chi connectivity index (χ0v) is 9.61. The highest BCUT2D eigenvalue weighted by Gasteiger charge is 2.20. The van der Waals surface area contributed by atoms with Crippen molar-refractivity contribution in [3.63, 3.8) is 0 Å². The maximum atomic E-state index is 9.18. The van der Waals surface area contributed by atoms with Crippen molar-refractivity contribution in [1.82, 2.24) is 4.67 Å². The number of nitrogens with zero attached hydrogens (tertiary/aromatic N) is 1. The molecule has 12 heavy (non-hydrogen) atoms. The Hall–Kier alpha value is 0.350. The van der Waals surface area contributed by atoms with E-state index < -0.39 is 0 Å². The first-order valence-corrected chi connectivity index (χ1v) is 5.37. The first-order chi connectivity index (χ1) is 5.70. The molecule has 0 aromatic heterocycles. The molecule has 1 aliphatic carbocycles. The predicted molar refractivity (Wildman–Crippen MR) is 57.1 cm³/mol. The minimum atomic E-state index is -0.0267. The topological polar surface area (TPSA) is 23.5 Å². The highest BCUT2D eigenvalue weighted by atomic mass is 31.0. The van der Waals surface area contributed by atoms with E-state index in [-0.39, 0.29) is 6.10 Å². The third-order valence-corrected chi connectivity index (χ3v) is 2.66. The molecule has 74 valence electrons. The van der Waals surface area contributed by atoms with E-state index in [1.807, 2.05) is 13.8 Å². The van der Waals surface area contributed by atoms with E-state index in [1.54, 1.807) is 0 Å². The van der Waals surface area contributed by atoms with Crippen LogP contribution in [-0.2, 0) is 0 Å². The summed E-state index contributed by atoms with van der Waals surface area (Å²) in [6.45, 7) is 4.00. The fourth-order valence-electron chi connectivity index (χ4n) is 1.47. The van der Waals surface area contributed by atoms with Gasteiger partial charge in [-0.15, -0.1) is 0 Å². The van der Waals surface area contributed by atoms with Gasteiger partial charge >= 0.3 is 0 Å². The Morgan fingerprint density at radius 3 is 1.92 bits per heavy atom. The molecule has 1 saturated carbocycles. The number of aliphatic hydroxyl groups is 1. The molecule has 2 nitrogen and oxygen atoms in total. The van der Waals surface area contributed by atoms with Gasteiger partial charge in [0.05, 0.1) is 6.10 Å². The Kier molecular flexibility index (Phi) is 7.02. The average Bonchev–Trinajstić information content (AvgIpc) is 2.09. The highest BCUT2D eigenvalue weighted by Crippen LogP contribution is 2.23. The van der Waals surface area contributed by atoms with Gasteiger partial charge in [-0.25, -0.2) is 0 Å². The summed E-state index contributed by atoms with van der Waals surface area (Å²) >= 11 is 0. The summed E-state index contributed by atoms with van der Waals surface area (Å²) in [5, 5.41) is 9.18. The molecule has 1 unspecified atom stereocenters. The summed E-state index contributed by atoms with van der Waals surface area (Å²) < 4.78 is 2.17. The molecule has 0 amide bonds. The molecule has 0 saturated heterocycles. The number of aliphatic hydroxyl groups excluding tert-OH is 1. The third kappa shape index (κ3) is 4.39. The van der Waals surface area contributed by atoms with Gasteiger partial charge in [0.25, 0.3) is 0 Å². The summed E-state index contributed by atoms with van der Waals surface area (Å²) in [4.78, 5) is 0. The minimum absolute atomic E-state index is 0.0267. The van der Waals surface area contributed by atoms with E-state index in [1.165, 1.54) is 0 Å². The maximum absolute atomic E-state index is 9.18. The number of hydrogen-bond acceptors (Lipinski definition) is 2. The van der Waals surface area contributed by atoms with Crippen LogP contribution in [0.25, 0.3) is 0 Å². The summed E-state index contributed by atoms with van der Waals surface area (Å²) in [6, 6.07) is 0.674. The van der Waals surface area contributed by atoms with Gasteiger partial charge in [0.1, 0.15) is 0 Å². The molecule has 0 aromatic rings. The Balaban J connectivity index is 0.000000561. The van der Waals surface area contributed by atoms with Crippen molar-refractivity contribution >= 4 is 9.39 Å². The quantitative estimate of drug-likeness (QED) is 0.641. The fourth-order valence-corrected chi connectivity index (χ4v) is 1.76. The van der Waals surface area contributed by atoms with Gasteiger partial charge < -0.3 is 5.11 Å². The molecule has 0 aromatic carbocycles. The largest absolute Gasteiger partial charge is 0.393 e. The standard InChI is InChI=1S/C7H16NOP.C2H6/c1-8(10)6-2-4-7(9)5-3-6;1-2/h6-7,9H,2-5,10H2,1H3;1-2H3. The molecule has 0 spiro atoms. The third-order valence-electron chi connectivity index (χ3n) is 2.24. The van der Waals surface area contributed by atoms with E-state index >= 15 is 0 Å². The molecule has 1 rings (SSSR count). The van der Waals surface area contributed by atoms with Crippen molar-refractivity contribution in [2.24, 2.45) is 0 Å². The van der Waals surface area contributed by atoms with Gasteiger partial charge in [0, 0.05) is 6.04 Å². The van der Waals surface area contributed by atoms with Crippen molar-refractivity contribution in [3.05, 3.63) is 0 Å². The summed E-state index contributed by atoms with van der Waals surface area (Å²) in [5.41, 5.74) is 0. The van der Waals surface area contributed by atoms with E-state index in [9.17, 15) is 5.11 Å². The summed E-state index contributed by atoms with van der Waals surface area (Å²) in [6.07, 6.45) is 4.20. The minimum Gasteiger partial charge on any atom is -0.393 e. The zero-order valence-electron chi connectivity index (χ0n) is 8.45. The van der Waals surface area contributed by atoms with Crippen LogP contribution in [0.5, 0.6) is 0 Å². The van der Waals surface area contributed by atoms with Crippen molar-refractivity contribution in [3.8, 4) is 0 Å². The average molecular weight is 191 g/mol. The van der Waals surface area contributed by atoms with Gasteiger partial charge in [-0.2, -0.15) is 0 Å². The highest BCUT2D eigenvalue weighted by molar-refractivity contribution is 7.13. The van der Waals surface area contributed by atoms with Crippen molar-refractivity contribution in [2.45, 2.75) is 51.7 Å². The van der Waals surface area contributed by atoms with E-state index in [4.69, 9.17) is 0 Å². The second-order valence-corrected chi connectivity index (χ2v) is 3.94. The van der Waals surface area contributed by atoms with Gasteiger partial charge in [-0.3, -0.25) is 4.67 Å². The molecule has 1 atom stereocenters. The Morgan fingerprint density at radius 2 is 1.58 bits per heavy atom. The first kappa shape index (κ1) is 12.3. The molecule has 1 N–H and O–H groups in total. The monoisotopic (exact) mass is 191 g/mol. The second-order valence-electron chi connectivity index (χ2n) is 3.13. The van der Waals surface area contributed by atoms with Crippen LogP contribution in [0, 0.1) is 0 Å². The van der Waals surface area contributed by atoms with Gasteiger partial charge in [-0.05, 0) is 32.7 Å². The van der Waals surface area contributed by atoms with Gasteiger partial charge in [-0.1, -0.05) is 23.2 Å². The van der Waals surface area contributed by atoms with Crippen LogP contribution in [0.4, 0.5) is 0 Å². The molecule has 1 aliphatic rings. The first-order valence-electron chi connectivity index (χ1n) is 4.85. The smallest absolute Gasteiger partial charge is 0.0541 e. The normalized spacial score (nSPS) is 29.5. The number of rotatable bonds is 1. The Labute approximate surface area is 78.6 Å². The van der Waals surface area contributed by atoms with Crippen LogP contribution in [-0.4, -0.2) is 29.0 Å². The van der Waals surface area contributed by atoms with Crippen LogP contribution < -0.4 is 0 Å². The van der Waals surface area contributed by atoms with Crippen molar-refractivity contribution < 1.29 is 5.11 Å². The van der Waals surface area contributed by atoms with E-state index in [0.29, 0.717) is 6.04 Å². The fraction of sp³-hybridized carbons (Fsp3) is 1.00. The summed E-state index contributed by atoms with van der Waals surface area (Å²) in [7, 11) is 4.77. The Bertz CT molecular complexity index is 101. The molecular weight excluding hydrogens is 169 g/mol. The van der Waals surface area contributed by atoms with Crippen molar-refractivity contribution in [1.29, 1.82) is 0 Å². The maximum Gasteiger partial charge on any atom is 0.0541 e. The molecule has 3 heteroatoms. The Morgan fingerprint density at radius 1 is 1.17 bits per heavy atom. The van der Waals surface area contributed by atoms with Crippen LogP contribution in [0.3, 0.4) is 0 Å². The van der Waals surface area contributed by atoms with Crippen LogP contribution in [0.15, 0.2) is 0 Å². The lowest BCUT2D eigenvalue weighted by Crippen LogP contribution is -2.30. The lowest BCUT2D eigenvalue weighted by Gasteiger charge is -2.29. The second kappa shape index (κ2) is 6.82. The molecular formula is C9H22NOP. The van der Waals surface area contributed by atoms with Crippen LogP contribution >= 0.6 is 9.39 Å². The molecule has 0 radical (unpaired) electrons. The van der Waals surface area contributed by atoms with Crippen LogP contribution in [0.2, 0.25) is 0 Å². The lowest BCUT2D eigenvalue weighted by molar-refractivity contribution is 0.106.